The van der Waals surface area contributed by atoms with Gasteiger partial charge in [-0.15, -0.1) is 0 Å². The Bertz CT molecular complexity index is 1220. The van der Waals surface area contributed by atoms with Crippen molar-refractivity contribution in [2.45, 2.75) is 44.9 Å². The van der Waals surface area contributed by atoms with Crippen LogP contribution in [0.25, 0.3) is 22.2 Å². The lowest BCUT2D eigenvalue weighted by molar-refractivity contribution is -0.117. The standard InChI is InChI=1S/C24H28N4O3S/c29-24(18-6-7-18)27-22-14-21(20-12-13-25-23(20)26-22)17-8-10-19(11-9-17)28-32(30,31)15-16-4-2-1-3-5-16/h8-14,16,18,28H,1-7,15H2,(H2,25,26,27,29). The van der Waals surface area contributed by atoms with E-state index >= 15 is 0 Å². The lowest BCUT2D eigenvalue weighted by Crippen LogP contribution is -2.24. The minimum Gasteiger partial charge on any atom is -0.346 e. The van der Waals surface area contributed by atoms with Crippen LogP contribution in [0.1, 0.15) is 44.9 Å². The molecule has 7 nitrogen and oxygen atoms in total. The van der Waals surface area contributed by atoms with Crippen molar-refractivity contribution in [3.05, 3.63) is 42.6 Å². The monoisotopic (exact) mass is 452 g/mol. The van der Waals surface area contributed by atoms with Crippen molar-refractivity contribution >= 4 is 38.5 Å². The van der Waals surface area contributed by atoms with E-state index in [1.807, 2.05) is 30.5 Å². The number of anilines is 2. The Kier molecular flexibility index (Phi) is 5.63. The average molecular weight is 453 g/mol. The second-order valence-electron chi connectivity index (χ2n) is 9.02. The predicted molar refractivity (Wildman–Crippen MR) is 127 cm³/mol. The molecule has 2 heterocycles. The number of fused-ring (bicyclic) bond motifs is 1. The van der Waals surface area contributed by atoms with Gasteiger partial charge in [0.2, 0.25) is 15.9 Å². The van der Waals surface area contributed by atoms with Crippen LogP contribution in [-0.2, 0) is 14.8 Å². The summed E-state index contributed by atoms with van der Waals surface area (Å²) in [4.78, 5) is 19.8. The third kappa shape index (κ3) is 4.80. The van der Waals surface area contributed by atoms with Gasteiger partial charge in [-0.2, -0.15) is 0 Å². The number of nitrogens with one attached hydrogen (secondary N) is 3. The SMILES string of the molecule is O=C(Nc1cc(-c2ccc(NS(=O)(=O)CC3CCCCC3)cc2)c2cc[nH]c2n1)C1CC1. The summed E-state index contributed by atoms with van der Waals surface area (Å²) in [6, 6.07) is 11.2. The highest BCUT2D eigenvalue weighted by Crippen LogP contribution is 2.33. The van der Waals surface area contributed by atoms with E-state index < -0.39 is 10.0 Å². The Balaban J connectivity index is 1.35. The number of nitrogens with zero attached hydrogens (tertiary/aromatic N) is 1. The molecule has 2 aliphatic carbocycles. The van der Waals surface area contributed by atoms with E-state index in [2.05, 4.69) is 20.0 Å². The van der Waals surface area contributed by atoms with Crippen LogP contribution in [0.4, 0.5) is 11.5 Å². The number of H-pyrrole nitrogens is 1. The summed E-state index contributed by atoms with van der Waals surface area (Å²) in [5.41, 5.74) is 3.12. The van der Waals surface area contributed by atoms with Crippen LogP contribution in [0.15, 0.2) is 42.6 Å². The number of sulfonamides is 1. The zero-order valence-electron chi connectivity index (χ0n) is 17.9. The summed E-state index contributed by atoms with van der Waals surface area (Å²) in [6.45, 7) is 0. The second kappa shape index (κ2) is 8.58. The van der Waals surface area contributed by atoms with Gasteiger partial charge in [-0.1, -0.05) is 31.4 Å². The topological polar surface area (TPSA) is 104 Å². The van der Waals surface area contributed by atoms with Crippen LogP contribution >= 0.6 is 0 Å². The van der Waals surface area contributed by atoms with Crippen molar-refractivity contribution in [1.82, 2.24) is 9.97 Å². The third-order valence-electron chi connectivity index (χ3n) is 6.38. The highest BCUT2D eigenvalue weighted by Gasteiger charge is 2.30. The number of carbonyl (C=O) groups is 1. The molecule has 3 N–H and O–H groups in total. The lowest BCUT2D eigenvalue weighted by atomic mass is 9.91. The molecule has 0 spiro atoms. The van der Waals surface area contributed by atoms with E-state index in [9.17, 15) is 13.2 Å². The van der Waals surface area contributed by atoms with Gasteiger partial charge in [0.1, 0.15) is 11.5 Å². The molecule has 3 aromatic rings. The highest BCUT2D eigenvalue weighted by molar-refractivity contribution is 7.92. The molecule has 2 aliphatic rings. The van der Waals surface area contributed by atoms with Crippen molar-refractivity contribution in [2.75, 3.05) is 15.8 Å². The fourth-order valence-electron chi connectivity index (χ4n) is 4.52. The molecule has 1 amide bonds. The maximum Gasteiger partial charge on any atom is 0.232 e. The van der Waals surface area contributed by atoms with Crippen molar-refractivity contribution in [3.63, 3.8) is 0 Å². The van der Waals surface area contributed by atoms with E-state index in [1.165, 1.54) is 6.42 Å². The number of hydrogen-bond donors (Lipinski definition) is 3. The van der Waals surface area contributed by atoms with Crippen LogP contribution in [-0.4, -0.2) is 30.0 Å². The first-order valence-corrected chi connectivity index (χ1v) is 13.0. The zero-order valence-corrected chi connectivity index (χ0v) is 18.7. The van der Waals surface area contributed by atoms with Crippen molar-refractivity contribution in [3.8, 4) is 11.1 Å². The van der Waals surface area contributed by atoms with Crippen LogP contribution < -0.4 is 10.0 Å². The smallest absolute Gasteiger partial charge is 0.232 e. The fraction of sp³-hybridized carbons (Fsp3) is 0.417. The number of hydrogen-bond acceptors (Lipinski definition) is 4. The molecule has 2 fully saturated rings. The van der Waals surface area contributed by atoms with Crippen molar-refractivity contribution in [2.24, 2.45) is 11.8 Å². The maximum absolute atomic E-state index is 12.6. The van der Waals surface area contributed by atoms with Crippen LogP contribution in [0, 0.1) is 11.8 Å². The molecule has 0 saturated heterocycles. The predicted octanol–water partition coefficient (Wildman–Crippen LogP) is 4.90. The van der Waals surface area contributed by atoms with Gasteiger partial charge >= 0.3 is 0 Å². The zero-order chi connectivity index (χ0) is 22.1. The quantitative estimate of drug-likeness (QED) is 0.474. The van der Waals surface area contributed by atoms with Gasteiger partial charge in [-0.3, -0.25) is 9.52 Å². The van der Waals surface area contributed by atoms with Gasteiger partial charge in [0.05, 0.1) is 5.75 Å². The summed E-state index contributed by atoms with van der Waals surface area (Å²) < 4.78 is 27.9. The largest absolute Gasteiger partial charge is 0.346 e. The van der Waals surface area contributed by atoms with Crippen LogP contribution in [0.3, 0.4) is 0 Å². The van der Waals surface area contributed by atoms with E-state index in [-0.39, 0.29) is 23.5 Å². The molecule has 0 atom stereocenters. The first kappa shape index (κ1) is 21.0. The maximum atomic E-state index is 12.6. The van der Waals surface area contributed by atoms with Gasteiger partial charge in [0.15, 0.2) is 0 Å². The Labute approximate surface area is 188 Å². The van der Waals surface area contributed by atoms with Gasteiger partial charge < -0.3 is 10.3 Å². The molecule has 32 heavy (non-hydrogen) atoms. The summed E-state index contributed by atoms with van der Waals surface area (Å²) in [6.07, 6.45) is 9.13. The Hall–Kier alpha value is -2.87. The molecule has 0 bridgehead atoms. The van der Waals surface area contributed by atoms with Gasteiger partial charge in [-0.25, -0.2) is 13.4 Å². The molecule has 5 rings (SSSR count). The number of benzene rings is 1. The van der Waals surface area contributed by atoms with Crippen molar-refractivity contribution in [1.29, 1.82) is 0 Å². The average Bonchev–Trinajstić information content (AvgIpc) is 3.52. The van der Waals surface area contributed by atoms with E-state index in [4.69, 9.17) is 0 Å². The molecule has 2 aromatic heterocycles. The highest BCUT2D eigenvalue weighted by atomic mass is 32.2. The number of amides is 1. The van der Waals surface area contributed by atoms with Gasteiger partial charge in [0, 0.05) is 23.2 Å². The number of rotatable bonds is 7. The fourth-order valence-corrected chi connectivity index (χ4v) is 6.05. The molecule has 0 unspecified atom stereocenters. The van der Waals surface area contributed by atoms with E-state index in [1.54, 1.807) is 12.1 Å². The summed E-state index contributed by atoms with van der Waals surface area (Å²) in [5.74, 6) is 1.07. The Morgan fingerprint density at radius 3 is 2.50 bits per heavy atom. The Morgan fingerprint density at radius 2 is 1.78 bits per heavy atom. The number of aromatic nitrogens is 2. The number of pyridine rings is 1. The molecular formula is C24H28N4O3S. The van der Waals surface area contributed by atoms with Crippen LogP contribution in [0.5, 0.6) is 0 Å². The summed E-state index contributed by atoms with van der Waals surface area (Å²) >= 11 is 0. The molecule has 8 heteroatoms. The minimum atomic E-state index is -3.37. The van der Waals surface area contributed by atoms with E-state index in [0.29, 0.717) is 17.2 Å². The molecule has 2 saturated carbocycles. The molecular weight excluding hydrogens is 424 g/mol. The molecule has 0 aliphatic heterocycles. The van der Waals surface area contributed by atoms with Crippen molar-refractivity contribution < 1.29 is 13.2 Å². The number of carbonyl (C=O) groups excluding carboxylic acids is 1. The van der Waals surface area contributed by atoms with Gasteiger partial charge in [0.25, 0.3) is 0 Å². The van der Waals surface area contributed by atoms with E-state index in [0.717, 1.165) is 55.0 Å². The van der Waals surface area contributed by atoms with Crippen LogP contribution in [0.2, 0.25) is 0 Å². The normalized spacial score (nSPS) is 17.4. The molecule has 1 aromatic carbocycles. The first-order valence-electron chi connectivity index (χ1n) is 11.4. The minimum absolute atomic E-state index is 0.0112. The first-order chi connectivity index (χ1) is 15.5. The van der Waals surface area contributed by atoms with Gasteiger partial charge in [-0.05, 0) is 67.0 Å². The lowest BCUT2D eigenvalue weighted by Gasteiger charge is -2.21. The molecule has 0 radical (unpaired) electrons. The second-order valence-corrected chi connectivity index (χ2v) is 10.8. The number of aromatic amines is 1. The summed E-state index contributed by atoms with van der Waals surface area (Å²) in [7, 11) is -3.37. The third-order valence-corrected chi connectivity index (χ3v) is 7.83. The Morgan fingerprint density at radius 1 is 1.03 bits per heavy atom. The molecule has 168 valence electrons. The summed E-state index contributed by atoms with van der Waals surface area (Å²) in [5, 5.41) is 3.86.